The highest BCUT2D eigenvalue weighted by molar-refractivity contribution is 5.94. The summed E-state index contributed by atoms with van der Waals surface area (Å²) in [6.45, 7) is 6.24. The molecule has 0 aromatic heterocycles. The first-order valence-electron chi connectivity index (χ1n) is 7.03. The molecule has 20 heavy (non-hydrogen) atoms. The van der Waals surface area contributed by atoms with Crippen LogP contribution in [0.15, 0.2) is 0 Å². The second kappa shape index (κ2) is 3.52. The van der Waals surface area contributed by atoms with Gasteiger partial charge in [0.05, 0.1) is 24.8 Å². The first kappa shape index (κ1) is 13.4. The molecule has 1 saturated heterocycles. The summed E-state index contributed by atoms with van der Waals surface area (Å²) in [5.41, 5.74) is 3.48. The number of hydrogen-bond donors (Lipinski definition) is 2. The number of rotatable bonds is 2. The number of nitriles is 2. The topological polar surface area (TPSA) is 106 Å². The summed E-state index contributed by atoms with van der Waals surface area (Å²) in [7, 11) is 0. The van der Waals surface area contributed by atoms with E-state index in [0.717, 1.165) is 0 Å². The lowest BCUT2D eigenvalue weighted by molar-refractivity contribution is -0.680. The normalized spacial score (nSPS) is 47.5. The molecule has 0 aromatic rings. The minimum Gasteiger partial charge on any atom is -0.311 e. The highest BCUT2D eigenvalue weighted by Crippen LogP contribution is 2.85. The van der Waals surface area contributed by atoms with Crippen molar-refractivity contribution in [1.82, 2.24) is 0 Å². The van der Waals surface area contributed by atoms with Crippen LogP contribution in [-0.2, 0) is 9.47 Å². The monoisotopic (exact) mass is 275 g/mol. The maximum absolute atomic E-state index is 9.92. The van der Waals surface area contributed by atoms with Crippen molar-refractivity contribution >= 4 is 5.84 Å². The van der Waals surface area contributed by atoms with E-state index in [0.29, 0.717) is 25.3 Å². The van der Waals surface area contributed by atoms with Crippen LogP contribution < -0.4 is 10.7 Å². The SMILES string of the molecule is CCC1(CC)[C@@]2(C#N)[C@@]3([NH+]=C(N)[C@@]12C#N)OC[C@H](C)O3. The Morgan fingerprint density at radius 1 is 1.35 bits per heavy atom. The van der Waals surface area contributed by atoms with Gasteiger partial charge < -0.3 is 9.47 Å². The molecule has 0 amide bonds. The first-order valence-corrected chi connectivity index (χ1v) is 7.03. The fourth-order valence-electron chi connectivity index (χ4n) is 4.75. The standard InChI is InChI=1S/C14H18N4O2/c1-4-11(5-2)12(7-15)10(17)18-14(13(11,12)8-16)19-6-9(3)20-14/h9H,4-6H2,1-3H3,(H2,17,18)/p+1/t9-,12-,13+,14+/m0/s1. The molecule has 6 heteroatoms. The highest BCUT2D eigenvalue weighted by atomic mass is 16.8. The minimum absolute atomic E-state index is 0.137. The Labute approximate surface area is 118 Å². The van der Waals surface area contributed by atoms with E-state index in [4.69, 9.17) is 15.2 Å². The number of nitrogens with one attached hydrogen (secondary N) is 1. The lowest BCUT2D eigenvalue weighted by Gasteiger charge is -2.28. The smallest absolute Gasteiger partial charge is 0.311 e. The average Bonchev–Trinajstić information content (AvgIpc) is 2.68. The van der Waals surface area contributed by atoms with Gasteiger partial charge in [-0.3, -0.25) is 5.73 Å². The summed E-state index contributed by atoms with van der Waals surface area (Å²) < 4.78 is 11.7. The molecule has 0 unspecified atom stereocenters. The molecule has 6 nitrogen and oxygen atoms in total. The first-order chi connectivity index (χ1) is 9.47. The minimum atomic E-state index is -1.28. The van der Waals surface area contributed by atoms with Gasteiger partial charge in [0.2, 0.25) is 0 Å². The predicted octanol–water partition coefficient (Wildman–Crippen LogP) is -0.633. The Morgan fingerprint density at radius 3 is 2.35 bits per heavy atom. The lowest BCUT2D eigenvalue weighted by atomic mass is 9.85. The van der Waals surface area contributed by atoms with Crippen molar-refractivity contribution in [2.75, 3.05) is 6.61 Å². The largest absolute Gasteiger partial charge is 0.343 e. The van der Waals surface area contributed by atoms with Crippen LogP contribution in [-0.4, -0.2) is 24.5 Å². The van der Waals surface area contributed by atoms with Crippen molar-refractivity contribution in [3.8, 4) is 12.1 Å². The van der Waals surface area contributed by atoms with Crippen LogP contribution >= 0.6 is 0 Å². The summed E-state index contributed by atoms with van der Waals surface area (Å²) in [4.78, 5) is 2.97. The molecule has 3 N–H and O–H groups in total. The van der Waals surface area contributed by atoms with Crippen molar-refractivity contribution < 1.29 is 14.5 Å². The third kappa shape index (κ3) is 0.878. The second-order valence-electron chi connectivity index (χ2n) is 5.91. The molecule has 106 valence electrons. The van der Waals surface area contributed by atoms with Gasteiger partial charge in [-0.2, -0.15) is 10.5 Å². The summed E-state index contributed by atoms with van der Waals surface area (Å²) in [6.07, 6.45) is 1.22. The maximum Gasteiger partial charge on any atom is 0.343 e. The zero-order valence-corrected chi connectivity index (χ0v) is 12.0. The Kier molecular flexibility index (Phi) is 2.35. The summed E-state index contributed by atoms with van der Waals surface area (Å²) in [6, 6.07) is 4.65. The van der Waals surface area contributed by atoms with E-state index in [9.17, 15) is 10.5 Å². The van der Waals surface area contributed by atoms with Gasteiger partial charge in [0.1, 0.15) is 0 Å². The second-order valence-corrected chi connectivity index (χ2v) is 5.91. The van der Waals surface area contributed by atoms with Crippen molar-refractivity contribution in [3.05, 3.63) is 0 Å². The molecule has 1 saturated carbocycles. The molecule has 2 heterocycles. The third-order valence-electron chi connectivity index (χ3n) is 5.56. The van der Waals surface area contributed by atoms with Gasteiger partial charge in [0, 0.05) is 5.41 Å². The van der Waals surface area contributed by atoms with Crippen LogP contribution in [0.25, 0.3) is 0 Å². The van der Waals surface area contributed by atoms with E-state index < -0.39 is 22.2 Å². The Hall–Kier alpha value is -1.63. The molecule has 0 aromatic carbocycles. The van der Waals surface area contributed by atoms with Gasteiger partial charge in [0.25, 0.3) is 5.84 Å². The summed E-state index contributed by atoms with van der Waals surface area (Å²) in [5, 5.41) is 19.7. The summed E-state index contributed by atoms with van der Waals surface area (Å²) in [5.74, 6) is -0.980. The van der Waals surface area contributed by atoms with Gasteiger partial charge in [-0.25, -0.2) is 4.99 Å². The van der Waals surface area contributed by atoms with Gasteiger partial charge in [-0.15, -0.1) is 0 Å². The molecule has 3 aliphatic rings. The zero-order chi connectivity index (χ0) is 14.8. The van der Waals surface area contributed by atoms with Gasteiger partial charge in [-0.05, 0) is 19.8 Å². The number of hydrogen-bond acceptors (Lipinski definition) is 5. The Bertz CT molecular complexity index is 585. The van der Waals surface area contributed by atoms with Crippen molar-refractivity contribution in [2.24, 2.45) is 22.0 Å². The number of nitrogens with two attached hydrogens (primary N) is 1. The molecule has 1 spiro atoms. The molecule has 1 aliphatic carbocycles. The van der Waals surface area contributed by atoms with Crippen LogP contribution in [0.4, 0.5) is 0 Å². The highest BCUT2D eigenvalue weighted by Gasteiger charge is 3.03. The molecular formula is C14H19N4O2+. The zero-order valence-electron chi connectivity index (χ0n) is 12.0. The maximum atomic E-state index is 9.92. The van der Waals surface area contributed by atoms with E-state index in [1.807, 2.05) is 20.8 Å². The molecule has 2 aliphatic heterocycles. The van der Waals surface area contributed by atoms with Crippen molar-refractivity contribution in [2.45, 2.75) is 45.6 Å². The van der Waals surface area contributed by atoms with Crippen LogP contribution in [0.2, 0.25) is 0 Å². The van der Waals surface area contributed by atoms with E-state index in [-0.39, 0.29) is 6.10 Å². The molecular weight excluding hydrogens is 256 g/mol. The molecule has 0 bridgehead atoms. The quantitative estimate of drug-likeness (QED) is 0.697. The van der Waals surface area contributed by atoms with Crippen molar-refractivity contribution in [1.29, 1.82) is 10.5 Å². The van der Waals surface area contributed by atoms with Crippen molar-refractivity contribution in [3.63, 3.8) is 0 Å². The molecule has 4 atom stereocenters. The van der Waals surface area contributed by atoms with Gasteiger partial charge in [-0.1, -0.05) is 13.8 Å². The van der Waals surface area contributed by atoms with E-state index in [1.165, 1.54) is 0 Å². The van der Waals surface area contributed by atoms with Crippen LogP contribution in [0.5, 0.6) is 0 Å². The molecule has 2 fully saturated rings. The van der Waals surface area contributed by atoms with Gasteiger partial charge >= 0.3 is 5.91 Å². The summed E-state index contributed by atoms with van der Waals surface area (Å²) >= 11 is 0. The van der Waals surface area contributed by atoms with E-state index >= 15 is 0 Å². The fraction of sp³-hybridized carbons (Fsp3) is 0.786. The van der Waals surface area contributed by atoms with Crippen LogP contribution in [0.1, 0.15) is 33.6 Å². The van der Waals surface area contributed by atoms with Crippen LogP contribution in [0.3, 0.4) is 0 Å². The Balaban J connectivity index is 2.26. The Morgan fingerprint density at radius 2 is 2.00 bits per heavy atom. The molecule has 3 rings (SSSR count). The van der Waals surface area contributed by atoms with Gasteiger partial charge in [0.15, 0.2) is 10.8 Å². The van der Waals surface area contributed by atoms with E-state index in [2.05, 4.69) is 17.1 Å². The fourth-order valence-corrected chi connectivity index (χ4v) is 4.75. The molecule has 0 radical (unpaired) electrons. The predicted molar refractivity (Wildman–Crippen MR) is 68.5 cm³/mol. The number of fused-ring (bicyclic) bond motifs is 2. The van der Waals surface area contributed by atoms with Crippen LogP contribution in [0, 0.1) is 38.9 Å². The average molecular weight is 275 g/mol. The van der Waals surface area contributed by atoms with E-state index in [1.54, 1.807) is 0 Å². The number of ether oxygens (including phenoxy) is 2. The number of nitrogens with zero attached hydrogens (tertiary/aromatic N) is 2. The number of amidine groups is 1. The lowest BCUT2D eigenvalue weighted by Crippen LogP contribution is -2.90. The third-order valence-corrected chi connectivity index (χ3v) is 5.56.